The van der Waals surface area contributed by atoms with Crippen LogP contribution in [0.5, 0.6) is 0 Å². The molecule has 1 rings (SSSR count). The zero-order valence-corrected chi connectivity index (χ0v) is 10.9. The van der Waals surface area contributed by atoms with Gasteiger partial charge in [-0.3, -0.25) is 0 Å². The van der Waals surface area contributed by atoms with Crippen molar-refractivity contribution in [3.8, 4) is 0 Å². The van der Waals surface area contributed by atoms with Gasteiger partial charge in [-0.2, -0.15) is 0 Å². The second-order valence-corrected chi connectivity index (χ2v) is 5.15. The number of benzene rings is 1. The first-order chi connectivity index (χ1) is 7.11. The van der Waals surface area contributed by atoms with Crippen LogP contribution in [-0.2, 0) is 6.42 Å². The van der Waals surface area contributed by atoms with Gasteiger partial charge in [0.15, 0.2) is 0 Å². The van der Waals surface area contributed by atoms with Crippen LogP contribution in [0, 0.1) is 0 Å². The molecule has 0 radical (unpaired) electrons. The highest BCUT2D eigenvalue weighted by atomic mass is 32.2. The molecule has 0 aliphatic heterocycles. The Morgan fingerprint density at radius 1 is 1.13 bits per heavy atom. The summed E-state index contributed by atoms with van der Waals surface area (Å²) in [5, 5.41) is 3.51. The summed E-state index contributed by atoms with van der Waals surface area (Å²) in [6, 6.07) is 9.95. The van der Waals surface area contributed by atoms with E-state index in [0.29, 0.717) is 12.1 Å². The van der Waals surface area contributed by atoms with E-state index in [2.05, 4.69) is 56.6 Å². The van der Waals surface area contributed by atoms with Crippen LogP contribution in [0.1, 0.15) is 26.3 Å². The van der Waals surface area contributed by atoms with Gasteiger partial charge in [0, 0.05) is 17.0 Å². The lowest BCUT2D eigenvalue weighted by atomic mass is 10.1. The number of hydrogen-bond donors (Lipinski definition) is 1. The number of rotatable bonds is 5. The average Bonchev–Trinajstić information content (AvgIpc) is 2.17. The van der Waals surface area contributed by atoms with Crippen molar-refractivity contribution in [2.45, 2.75) is 44.2 Å². The predicted octanol–water partition coefficient (Wildman–Crippen LogP) is 3.34. The van der Waals surface area contributed by atoms with Gasteiger partial charge in [0.1, 0.15) is 0 Å². The van der Waals surface area contributed by atoms with Crippen molar-refractivity contribution in [1.29, 1.82) is 0 Å². The van der Waals surface area contributed by atoms with Crippen molar-refractivity contribution in [2.24, 2.45) is 0 Å². The first-order valence-electron chi connectivity index (χ1n) is 5.50. The molecule has 0 saturated carbocycles. The molecular weight excluding hydrogens is 202 g/mol. The Labute approximate surface area is 97.7 Å². The van der Waals surface area contributed by atoms with E-state index in [1.165, 1.54) is 10.5 Å². The van der Waals surface area contributed by atoms with Gasteiger partial charge < -0.3 is 5.32 Å². The molecule has 15 heavy (non-hydrogen) atoms. The molecule has 0 saturated heterocycles. The third kappa shape index (κ3) is 4.72. The van der Waals surface area contributed by atoms with Crippen LogP contribution in [0.4, 0.5) is 0 Å². The van der Waals surface area contributed by atoms with Gasteiger partial charge in [-0.15, -0.1) is 11.8 Å². The average molecular weight is 223 g/mol. The van der Waals surface area contributed by atoms with E-state index in [1.54, 1.807) is 11.8 Å². The fraction of sp³-hybridized carbons (Fsp3) is 0.538. The van der Waals surface area contributed by atoms with Crippen LogP contribution in [0.15, 0.2) is 29.2 Å². The van der Waals surface area contributed by atoms with E-state index < -0.39 is 0 Å². The van der Waals surface area contributed by atoms with Crippen LogP contribution in [0.2, 0.25) is 0 Å². The van der Waals surface area contributed by atoms with Crippen LogP contribution < -0.4 is 5.32 Å². The Morgan fingerprint density at radius 3 is 2.20 bits per heavy atom. The largest absolute Gasteiger partial charge is 0.312 e. The van der Waals surface area contributed by atoms with Crippen molar-refractivity contribution in [1.82, 2.24) is 5.32 Å². The molecule has 1 aromatic rings. The Kier molecular flexibility index (Phi) is 5.20. The van der Waals surface area contributed by atoms with Crippen molar-refractivity contribution in [3.05, 3.63) is 29.8 Å². The van der Waals surface area contributed by atoms with E-state index in [-0.39, 0.29) is 0 Å². The SMILES string of the molecule is CSc1ccc(CC(C)NC(C)C)cc1. The number of nitrogens with one attached hydrogen (secondary N) is 1. The third-order valence-corrected chi connectivity index (χ3v) is 3.06. The summed E-state index contributed by atoms with van der Waals surface area (Å²) in [4.78, 5) is 1.34. The van der Waals surface area contributed by atoms with Crippen LogP contribution >= 0.6 is 11.8 Å². The van der Waals surface area contributed by atoms with Crippen LogP contribution in [-0.4, -0.2) is 18.3 Å². The Bertz CT molecular complexity index is 279. The quantitative estimate of drug-likeness (QED) is 0.768. The van der Waals surface area contributed by atoms with Gasteiger partial charge in [-0.1, -0.05) is 26.0 Å². The highest BCUT2D eigenvalue weighted by Crippen LogP contribution is 2.15. The maximum absolute atomic E-state index is 3.51. The van der Waals surface area contributed by atoms with Gasteiger partial charge >= 0.3 is 0 Å². The maximum Gasteiger partial charge on any atom is 0.00815 e. The Morgan fingerprint density at radius 2 is 1.73 bits per heavy atom. The van der Waals surface area contributed by atoms with Gasteiger partial charge in [0.25, 0.3) is 0 Å². The Balaban J connectivity index is 2.49. The third-order valence-electron chi connectivity index (χ3n) is 2.32. The first-order valence-corrected chi connectivity index (χ1v) is 6.73. The summed E-state index contributed by atoms with van der Waals surface area (Å²) in [6.07, 6.45) is 3.21. The molecule has 1 aromatic carbocycles. The smallest absolute Gasteiger partial charge is 0.00815 e. The molecule has 0 aliphatic rings. The molecule has 0 bridgehead atoms. The summed E-state index contributed by atoms with van der Waals surface area (Å²) in [6.45, 7) is 6.61. The van der Waals surface area contributed by atoms with Crippen LogP contribution in [0.25, 0.3) is 0 Å². The summed E-state index contributed by atoms with van der Waals surface area (Å²) in [7, 11) is 0. The maximum atomic E-state index is 3.51. The van der Waals surface area contributed by atoms with Gasteiger partial charge in [0.2, 0.25) is 0 Å². The summed E-state index contributed by atoms with van der Waals surface area (Å²) in [5.74, 6) is 0. The predicted molar refractivity (Wildman–Crippen MR) is 69.7 cm³/mol. The van der Waals surface area contributed by atoms with Gasteiger partial charge in [0.05, 0.1) is 0 Å². The molecule has 0 heterocycles. The minimum absolute atomic E-state index is 0.546. The van der Waals surface area contributed by atoms with Gasteiger partial charge in [-0.25, -0.2) is 0 Å². The zero-order valence-electron chi connectivity index (χ0n) is 10.1. The number of hydrogen-bond acceptors (Lipinski definition) is 2. The van der Waals surface area contributed by atoms with Crippen molar-refractivity contribution in [2.75, 3.05) is 6.26 Å². The summed E-state index contributed by atoms with van der Waals surface area (Å²) < 4.78 is 0. The normalized spacial score (nSPS) is 13.1. The second-order valence-electron chi connectivity index (χ2n) is 4.27. The van der Waals surface area contributed by atoms with Crippen molar-refractivity contribution in [3.63, 3.8) is 0 Å². The van der Waals surface area contributed by atoms with E-state index in [9.17, 15) is 0 Å². The minimum atomic E-state index is 0.546. The minimum Gasteiger partial charge on any atom is -0.312 e. The molecule has 0 amide bonds. The molecule has 1 unspecified atom stereocenters. The van der Waals surface area contributed by atoms with E-state index in [4.69, 9.17) is 0 Å². The second kappa shape index (κ2) is 6.19. The lowest BCUT2D eigenvalue weighted by Crippen LogP contribution is -2.33. The standard InChI is InChI=1S/C13H21NS/c1-10(2)14-11(3)9-12-5-7-13(15-4)8-6-12/h5-8,10-11,14H,9H2,1-4H3. The summed E-state index contributed by atoms with van der Waals surface area (Å²) in [5.41, 5.74) is 1.41. The highest BCUT2D eigenvalue weighted by Gasteiger charge is 2.04. The van der Waals surface area contributed by atoms with Gasteiger partial charge in [-0.05, 0) is 37.3 Å². The summed E-state index contributed by atoms with van der Waals surface area (Å²) >= 11 is 1.79. The molecule has 1 N–H and O–H groups in total. The lowest BCUT2D eigenvalue weighted by Gasteiger charge is -2.16. The Hall–Kier alpha value is -0.470. The fourth-order valence-corrected chi connectivity index (χ4v) is 2.15. The first kappa shape index (κ1) is 12.6. The topological polar surface area (TPSA) is 12.0 Å². The van der Waals surface area contributed by atoms with E-state index in [1.807, 2.05) is 0 Å². The van der Waals surface area contributed by atoms with E-state index in [0.717, 1.165) is 6.42 Å². The molecular formula is C13H21NS. The molecule has 2 heteroatoms. The molecule has 0 spiro atoms. The van der Waals surface area contributed by atoms with E-state index >= 15 is 0 Å². The molecule has 84 valence electrons. The molecule has 0 aliphatic carbocycles. The molecule has 1 atom stereocenters. The molecule has 0 fully saturated rings. The lowest BCUT2D eigenvalue weighted by molar-refractivity contribution is 0.487. The van der Waals surface area contributed by atoms with Crippen molar-refractivity contribution < 1.29 is 0 Å². The highest BCUT2D eigenvalue weighted by molar-refractivity contribution is 7.98. The monoisotopic (exact) mass is 223 g/mol. The fourth-order valence-electron chi connectivity index (χ4n) is 1.74. The number of thioether (sulfide) groups is 1. The van der Waals surface area contributed by atoms with Crippen molar-refractivity contribution >= 4 is 11.8 Å². The molecule has 1 nitrogen and oxygen atoms in total. The van der Waals surface area contributed by atoms with Crippen LogP contribution in [0.3, 0.4) is 0 Å². The molecule has 0 aromatic heterocycles. The zero-order chi connectivity index (χ0) is 11.3.